The van der Waals surface area contributed by atoms with Crippen LogP contribution in [0, 0.1) is 11.8 Å². The molecule has 0 spiro atoms. The average molecular weight is 227 g/mol. The van der Waals surface area contributed by atoms with Crippen LogP contribution in [0.1, 0.15) is 29.9 Å². The van der Waals surface area contributed by atoms with Gasteiger partial charge >= 0.3 is 5.97 Å². The first kappa shape index (κ1) is 11.3. The summed E-state index contributed by atoms with van der Waals surface area (Å²) < 4.78 is 4.94. The van der Waals surface area contributed by atoms with Gasteiger partial charge in [-0.25, -0.2) is 4.79 Å². The number of carbonyl (C=O) groups excluding carboxylic acids is 1. The fraction of sp³-hybridized carbons (Fsp3) is 0.214. The number of benzene rings is 1. The van der Waals surface area contributed by atoms with Crippen LogP contribution in [0.3, 0.4) is 0 Å². The van der Waals surface area contributed by atoms with Crippen molar-refractivity contribution < 1.29 is 9.53 Å². The molecule has 1 aromatic heterocycles. The SMILES string of the molecule is CC#Cc1ccc2[nH]c(C(=O)OCC)cc2c1. The van der Waals surface area contributed by atoms with Crippen LogP contribution in [-0.4, -0.2) is 17.6 Å². The van der Waals surface area contributed by atoms with Gasteiger partial charge < -0.3 is 9.72 Å². The maximum absolute atomic E-state index is 11.5. The standard InChI is InChI=1S/C14H13NO2/c1-3-5-10-6-7-12-11(8-10)9-13(15-12)14(16)17-4-2/h6-9,15H,4H2,1-2H3. The van der Waals surface area contributed by atoms with Gasteiger partial charge in [0.1, 0.15) is 5.69 Å². The van der Waals surface area contributed by atoms with Crippen LogP contribution in [0.5, 0.6) is 0 Å². The minimum atomic E-state index is -0.327. The molecule has 0 aliphatic heterocycles. The van der Waals surface area contributed by atoms with Crippen LogP contribution in [-0.2, 0) is 4.74 Å². The van der Waals surface area contributed by atoms with Crippen LogP contribution < -0.4 is 0 Å². The number of nitrogens with one attached hydrogen (secondary N) is 1. The zero-order valence-electron chi connectivity index (χ0n) is 9.83. The van der Waals surface area contributed by atoms with E-state index < -0.39 is 0 Å². The number of hydrogen-bond donors (Lipinski definition) is 1. The van der Waals surface area contributed by atoms with Crippen LogP contribution >= 0.6 is 0 Å². The molecule has 1 heterocycles. The molecule has 0 saturated carbocycles. The molecule has 0 radical (unpaired) electrons. The topological polar surface area (TPSA) is 42.1 Å². The summed E-state index contributed by atoms with van der Waals surface area (Å²) in [5, 5.41) is 0.966. The molecule has 0 saturated heterocycles. The number of H-pyrrole nitrogens is 1. The van der Waals surface area contributed by atoms with E-state index in [2.05, 4.69) is 16.8 Å². The predicted octanol–water partition coefficient (Wildman–Crippen LogP) is 2.72. The molecule has 17 heavy (non-hydrogen) atoms. The number of ether oxygens (including phenoxy) is 1. The highest BCUT2D eigenvalue weighted by Gasteiger charge is 2.09. The van der Waals surface area contributed by atoms with Gasteiger partial charge in [0, 0.05) is 16.5 Å². The average Bonchev–Trinajstić information content (AvgIpc) is 2.73. The Labute approximate surface area is 99.8 Å². The molecule has 0 unspecified atom stereocenters. The van der Waals surface area contributed by atoms with E-state index in [1.807, 2.05) is 18.2 Å². The zero-order valence-corrected chi connectivity index (χ0v) is 9.83. The van der Waals surface area contributed by atoms with E-state index in [4.69, 9.17) is 4.74 Å². The van der Waals surface area contributed by atoms with Crippen molar-refractivity contribution in [3.05, 3.63) is 35.5 Å². The lowest BCUT2D eigenvalue weighted by atomic mass is 10.1. The minimum Gasteiger partial charge on any atom is -0.461 e. The van der Waals surface area contributed by atoms with Crippen molar-refractivity contribution in [1.29, 1.82) is 0 Å². The number of aromatic nitrogens is 1. The summed E-state index contributed by atoms with van der Waals surface area (Å²) in [7, 11) is 0. The van der Waals surface area contributed by atoms with Crippen LogP contribution in [0.4, 0.5) is 0 Å². The largest absolute Gasteiger partial charge is 0.461 e. The lowest BCUT2D eigenvalue weighted by molar-refractivity contribution is 0.0520. The number of rotatable bonds is 2. The summed E-state index contributed by atoms with van der Waals surface area (Å²) in [4.78, 5) is 14.6. The third-order valence-electron chi connectivity index (χ3n) is 2.39. The van der Waals surface area contributed by atoms with Crippen molar-refractivity contribution in [2.24, 2.45) is 0 Å². The van der Waals surface area contributed by atoms with Crippen LogP contribution in [0.25, 0.3) is 10.9 Å². The Balaban J connectivity index is 2.42. The molecule has 0 atom stereocenters. The smallest absolute Gasteiger partial charge is 0.354 e. The molecule has 2 rings (SSSR count). The van der Waals surface area contributed by atoms with Crippen molar-refractivity contribution in [2.75, 3.05) is 6.61 Å². The summed E-state index contributed by atoms with van der Waals surface area (Å²) in [6, 6.07) is 7.57. The van der Waals surface area contributed by atoms with Gasteiger partial charge in [0.2, 0.25) is 0 Å². The Kier molecular flexibility index (Phi) is 3.15. The van der Waals surface area contributed by atoms with Gasteiger partial charge in [0.05, 0.1) is 6.61 Å². The lowest BCUT2D eigenvalue weighted by Gasteiger charge is -1.96. The first-order valence-electron chi connectivity index (χ1n) is 5.47. The van der Waals surface area contributed by atoms with E-state index in [0.717, 1.165) is 16.5 Å². The summed E-state index contributed by atoms with van der Waals surface area (Å²) in [5.74, 6) is 5.50. The molecule has 1 aromatic carbocycles. The van der Waals surface area contributed by atoms with Gasteiger partial charge in [-0.15, -0.1) is 5.92 Å². The molecular weight excluding hydrogens is 214 g/mol. The zero-order chi connectivity index (χ0) is 12.3. The summed E-state index contributed by atoms with van der Waals surface area (Å²) in [6.45, 7) is 3.96. The predicted molar refractivity (Wildman–Crippen MR) is 66.8 cm³/mol. The Hall–Kier alpha value is -2.21. The van der Waals surface area contributed by atoms with Gasteiger partial charge in [-0.2, -0.15) is 0 Å². The molecule has 0 aliphatic carbocycles. The first-order valence-corrected chi connectivity index (χ1v) is 5.47. The molecule has 0 amide bonds. The highest BCUT2D eigenvalue weighted by molar-refractivity contribution is 5.95. The second-order valence-corrected chi connectivity index (χ2v) is 3.58. The van der Waals surface area contributed by atoms with Crippen molar-refractivity contribution in [3.8, 4) is 11.8 Å². The van der Waals surface area contributed by atoms with Crippen LogP contribution in [0.15, 0.2) is 24.3 Å². The molecule has 0 bridgehead atoms. The van der Waals surface area contributed by atoms with Gasteiger partial charge in [-0.1, -0.05) is 5.92 Å². The molecule has 0 aliphatic rings. The Bertz CT molecular complexity index is 614. The van der Waals surface area contributed by atoms with E-state index in [1.54, 1.807) is 19.9 Å². The van der Waals surface area contributed by atoms with E-state index in [0.29, 0.717) is 12.3 Å². The maximum atomic E-state index is 11.5. The molecule has 86 valence electrons. The van der Waals surface area contributed by atoms with Crippen LogP contribution in [0.2, 0.25) is 0 Å². The van der Waals surface area contributed by atoms with Gasteiger partial charge in [0.25, 0.3) is 0 Å². The normalized spacial score (nSPS) is 9.76. The fourth-order valence-electron chi connectivity index (χ4n) is 1.67. The van der Waals surface area contributed by atoms with Gasteiger partial charge in [-0.05, 0) is 38.1 Å². The highest BCUT2D eigenvalue weighted by Crippen LogP contribution is 2.17. The van der Waals surface area contributed by atoms with Gasteiger partial charge in [0.15, 0.2) is 0 Å². The summed E-state index contributed by atoms with van der Waals surface area (Å²) >= 11 is 0. The van der Waals surface area contributed by atoms with E-state index in [-0.39, 0.29) is 5.97 Å². The third-order valence-corrected chi connectivity index (χ3v) is 2.39. The lowest BCUT2D eigenvalue weighted by Crippen LogP contribution is -2.04. The Morgan fingerprint density at radius 2 is 2.24 bits per heavy atom. The molecule has 1 N–H and O–H groups in total. The Morgan fingerprint density at radius 3 is 2.94 bits per heavy atom. The Morgan fingerprint density at radius 1 is 1.41 bits per heavy atom. The molecule has 0 fully saturated rings. The van der Waals surface area contributed by atoms with E-state index in [1.165, 1.54) is 0 Å². The van der Waals surface area contributed by atoms with E-state index >= 15 is 0 Å². The second-order valence-electron chi connectivity index (χ2n) is 3.58. The quantitative estimate of drug-likeness (QED) is 0.633. The molecule has 2 aromatic rings. The van der Waals surface area contributed by atoms with Crippen molar-refractivity contribution >= 4 is 16.9 Å². The molecular formula is C14H13NO2. The third kappa shape index (κ3) is 2.31. The van der Waals surface area contributed by atoms with Crippen molar-refractivity contribution in [1.82, 2.24) is 4.98 Å². The summed E-state index contributed by atoms with van der Waals surface area (Å²) in [5.41, 5.74) is 2.33. The molecule has 3 nitrogen and oxygen atoms in total. The monoisotopic (exact) mass is 227 g/mol. The fourth-order valence-corrected chi connectivity index (χ4v) is 1.67. The first-order chi connectivity index (χ1) is 8.24. The van der Waals surface area contributed by atoms with Crippen molar-refractivity contribution in [3.63, 3.8) is 0 Å². The number of aromatic amines is 1. The number of carbonyl (C=O) groups is 1. The van der Waals surface area contributed by atoms with Crippen molar-refractivity contribution in [2.45, 2.75) is 13.8 Å². The summed E-state index contributed by atoms with van der Waals surface area (Å²) in [6.07, 6.45) is 0. The number of hydrogen-bond acceptors (Lipinski definition) is 2. The van der Waals surface area contributed by atoms with E-state index in [9.17, 15) is 4.79 Å². The molecule has 3 heteroatoms. The minimum absolute atomic E-state index is 0.327. The second kappa shape index (κ2) is 4.75. The number of esters is 1. The highest BCUT2D eigenvalue weighted by atomic mass is 16.5. The number of fused-ring (bicyclic) bond motifs is 1. The maximum Gasteiger partial charge on any atom is 0.354 e. The van der Waals surface area contributed by atoms with Gasteiger partial charge in [-0.3, -0.25) is 0 Å².